The smallest absolute Gasteiger partial charge is 0.0903 e. The van der Waals surface area contributed by atoms with Gasteiger partial charge in [-0.3, -0.25) is 4.98 Å². The van der Waals surface area contributed by atoms with Crippen LogP contribution in [0, 0.1) is 5.92 Å². The summed E-state index contributed by atoms with van der Waals surface area (Å²) in [4.78, 5) is 4.07. The van der Waals surface area contributed by atoms with Crippen LogP contribution in [0.25, 0.3) is 5.52 Å². The van der Waals surface area contributed by atoms with E-state index < -0.39 is 6.10 Å². The maximum atomic E-state index is 10.3. The van der Waals surface area contributed by atoms with Gasteiger partial charge in [-0.15, -0.1) is 0 Å². The summed E-state index contributed by atoms with van der Waals surface area (Å²) in [6.45, 7) is 4.20. The van der Waals surface area contributed by atoms with Gasteiger partial charge in [0, 0.05) is 18.0 Å². The van der Waals surface area contributed by atoms with E-state index in [0.717, 1.165) is 23.9 Å². The van der Waals surface area contributed by atoms with E-state index in [2.05, 4.69) is 23.9 Å². The van der Waals surface area contributed by atoms with E-state index in [4.69, 9.17) is 0 Å². The van der Waals surface area contributed by atoms with E-state index in [1.807, 2.05) is 0 Å². The van der Waals surface area contributed by atoms with Crippen LogP contribution in [-0.4, -0.2) is 19.7 Å². The van der Waals surface area contributed by atoms with E-state index in [9.17, 15) is 5.11 Å². The lowest BCUT2D eigenvalue weighted by Gasteiger charge is -2.18. The predicted molar refractivity (Wildman–Crippen MR) is 62.0 cm³/mol. The number of aliphatic hydroxyl groups is 1. The van der Waals surface area contributed by atoms with Crippen LogP contribution in [0.5, 0.6) is 0 Å². The summed E-state index contributed by atoms with van der Waals surface area (Å²) in [7, 11) is 0. The first-order chi connectivity index (χ1) is 7.77. The van der Waals surface area contributed by atoms with Gasteiger partial charge in [0.25, 0.3) is 0 Å². The Balaban J connectivity index is 2.39. The third-order valence-electron chi connectivity index (χ3n) is 3.17. The molecule has 0 saturated carbocycles. The standard InChI is InChI=1S/C12H17N3O/c1-3-9(4-2)12(16)10-7-14-15-6-5-13-8-11(10)15/h5-9,12,16H,3-4H2,1-2H3. The first-order valence-corrected chi connectivity index (χ1v) is 5.73. The first-order valence-electron chi connectivity index (χ1n) is 5.73. The molecule has 0 aliphatic heterocycles. The van der Waals surface area contributed by atoms with Crippen molar-refractivity contribution < 1.29 is 5.11 Å². The van der Waals surface area contributed by atoms with Gasteiger partial charge in [0.2, 0.25) is 0 Å². The van der Waals surface area contributed by atoms with E-state index in [-0.39, 0.29) is 5.92 Å². The van der Waals surface area contributed by atoms with Crippen molar-refractivity contribution in [1.82, 2.24) is 14.6 Å². The molecule has 2 rings (SSSR count). The fourth-order valence-corrected chi connectivity index (χ4v) is 2.07. The Morgan fingerprint density at radius 1 is 1.31 bits per heavy atom. The molecule has 16 heavy (non-hydrogen) atoms. The summed E-state index contributed by atoms with van der Waals surface area (Å²) >= 11 is 0. The molecule has 0 aliphatic carbocycles. The highest BCUT2D eigenvalue weighted by atomic mass is 16.3. The van der Waals surface area contributed by atoms with Crippen LogP contribution < -0.4 is 0 Å². The molecule has 4 heteroatoms. The number of fused-ring (bicyclic) bond motifs is 1. The Kier molecular flexibility index (Phi) is 3.19. The van der Waals surface area contributed by atoms with E-state index in [1.165, 1.54) is 0 Å². The lowest BCUT2D eigenvalue weighted by atomic mass is 9.92. The summed E-state index contributed by atoms with van der Waals surface area (Å²) in [6, 6.07) is 0. The topological polar surface area (TPSA) is 50.4 Å². The van der Waals surface area contributed by atoms with Gasteiger partial charge < -0.3 is 5.11 Å². The van der Waals surface area contributed by atoms with Gasteiger partial charge in [0.05, 0.1) is 24.0 Å². The fourth-order valence-electron chi connectivity index (χ4n) is 2.07. The number of hydrogen-bond donors (Lipinski definition) is 1. The number of nitrogens with zero attached hydrogens (tertiary/aromatic N) is 3. The van der Waals surface area contributed by atoms with Gasteiger partial charge in [0.15, 0.2) is 0 Å². The molecule has 1 unspecified atom stereocenters. The SMILES string of the molecule is CCC(CC)C(O)c1cnn2ccncc12. The summed E-state index contributed by atoms with van der Waals surface area (Å²) < 4.78 is 1.74. The molecule has 2 heterocycles. The molecule has 2 aromatic heterocycles. The molecule has 1 atom stereocenters. The average molecular weight is 219 g/mol. The summed E-state index contributed by atoms with van der Waals surface area (Å²) in [5.41, 5.74) is 1.77. The van der Waals surface area contributed by atoms with Crippen LogP contribution in [0.15, 0.2) is 24.8 Å². The Morgan fingerprint density at radius 3 is 2.75 bits per heavy atom. The second-order valence-electron chi connectivity index (χ2n) is 4.03. The molecule has 86 valence electrons. The van der Waals surface area contributed by atoms with Crippen molar-refractivity contribution in [3.05, 3.63) is 30.4 Å². The Hall–Kier alpha value is -1.42. The monoisotopic (exact) mass is 219 g/mol. The number of aliphatic hydroxyl groups excluding tert-OH is 1. The summed E-state index contributed by atoms with van der Waals surface area (Å²) in [5, 5.41) is 14.5. The van der Waals surface area contributed by atoms with Crippen molar-refractivity contribution in [2.75, 3.05) is 0 Å². The highest BCUT2D eigenvalue weighted by Gasteiger charge is 2.20. The second kappa shape index (κ2) is 4.61. The minimum Gasteiger partial charge on any atom is -0.388 e. The molecule has 0 fully saturated rings. The maximum Gasteiger partial charge on any atom is 0.0903 e. The van der Waals surface area contributed by atoms with Crippen molar-refractivity contribution in [2.24, 2.45) is 5.92 Å². The minimum atomic E-state index is -0.448. The second-order valence-corrected chi connectivity index (χ2v) is 4.03. The molecular formula is C12H17N3O. The molecule has 4 nitrogen and oxygen atoms in total. The normalized spacial score (nSPS) is 13.5. The highest BCUT2D eigenvalue weighted by Crippen LogP contribution is 2.29. The van der Waals surface area contributed by atoms with Crippen molar-refractivity contribution >= 4 is 5.52 Å². The molecule has 1 N–H and O–H groups in total. The van der Waals surface area contributed by atoms with E-state index in [0.29, 0.717) is 0 Å². The fraction of sp³-hybridized carbons (Fsp3) is 0.500. The molecule has 0 radical (unpaired) electrons. The van der Waals surface area contributed by atoms with E-state index >= 15 is 0 Å². The minimum absolute atomic E-state index is 0.285. The third-order valence-corrected chi connectivity index (χ3v) is 3.17. The van der Waals surface area contributed by atoms with Gasteiger partial charge in [-0.1, -0.05) is 26.7 Å². The molecule has 0 amide bonds. The molecule has 0 bridgehead atoms. The van der Waals surface area contributed by atoms with Crippen molar-refractivity contribution in [3.8, 4) is 0 Å². The Bertz CT molecular complexity index is 462. The number of aromatic nitrogens is 3. The van der Waals surface area contributed by atoms with Gasteiger partial charge in [-0.25, -0.2) is 4.52 Å². The van der Waals surface area contributed by atoms with Crippen LogP contribution in [0.4, 0.5) is 0 Å². The third kappa shape index (κ3) is 1.80. The van der Waals surface area contributed by atoms with Crippen LogP contribution in [0.2, 0.25) is 0 Å². The van der Waals surface area contributed by atoms with Crippen molar-refractivity contribution in [1.29, 1.82) is 0 Å². The lowest BCUT2D eigenvalue weighted by molar-refractivity contribution is 0.104. The lowest BCUT2D eigenvalue weighted by Crippen LogP contribution is -2.10. The predicted octanol–water partition coefficient (Wildman–Crippen LogP) is 2.20. The van der Waals surface area contributed by atoms with E-state index in [1.54, 1.807) is 29.3 Å². The van der Waals surface area contributed by atoms with Gasteiger partial charge in [-0.2, -0.15) is 5.10 Å². The maximum absolute atomic E-state index is 10.3. The quantitative estimate of drug-likeness (QED) is 0.857. The molecule has 0 spiro atoms. The summed E-state index contributed by atoms with van der Waals surface area (Å²) in [5.74, 6) is 0.285. The largest absolute Gasteiger partial charge is 0.388 e. The summed E-state index contributed by atoms with van der Waals surface area (Å²) in [6.07, 6.45) is 8.45. The first kappa shape index (κ1) is 11.1. The van der Waals surface area contributed by atoms with Crippen LogP contribution in [-0.2, 0) is 0 Å². The van der Waals surface area contributed by atoms with Crippen LogP contribution in [0.1, 0.15) is 38.4 Å². The zero-order valence-corrected chi connectivity index (χ0v) is 9.67. The molecule has 0 aromatic carbocycles. The zero-order chi connectivity index (χ0) is 11.5. The van der Waals surface area contributed by atoms with Crippen molar-refractivity contribution in [3.63, 3.8) is 0 Å². The van der Waals surface area contributed by atoms with Gasteiger partial charge in [-0.05, 0) is 5.92 Å². The zero-order valence-electron chi connectivity index (χ0n) is 9.67. The Labute approximate surface area is 94.9 Å². The van der Waals surface area contributed by atoms with Gasteiger partial charge in [0.1, 0.15) is 0 Å². The average Bonchev–Trinajstić information content (AvgIpc) is 2.74. The number of hydrogen-bond acceptors (Lipinski definition) is 3. The molecular weight excluding hydrogens is 202 g/mol. The number of rotatable bonds is 4. The van der Waals surface area contributed by atoms with Crippen LogP contribution >= 0.6 is 0 Å². The van der Waals surface area contributed by atoms with Gasteiger partial charge >= 0.3 is 0 Å². The Morgan fingerprint density at radius 2 is 2.06 bits per heavy atom. The molecule has 0 aliphatic rings. The highest BCUT2D eigenvalue weighted by molar-refractivity contribution is 5.52. The van der Waals surface area contributed by atoms with Crippen LogP contribution in [0.3, 0.4) is 0 Å². The van der Waals surface area contributed by atoms with Crippen molar-refractivity contribution in [2.45, 2.75) is 32.8 Å². The molecule has 0 saturated heterocycles. The molecule has 2 aromatic rings.